The summed E-state index contributed by atoms with van der Waals surface area (Å²) in [7, 11) is 0. The molecule has 0 radical (unpaired) electrons. The van der Waals surface area contributed by atoms with Crippen molar-refractivity contribution in [2.24, 2.45) is 11.7 Å². The first-order valence-electron chi connectivity index (χ1n) is 9.44. The SMILES string of the molecule is Cl.NC1CCCC(C(=O)N(CCc2cccc(F)c2)C2CCCC2)C1. The summed E-state index contributed by atoms with van der Waals surface area (Å²) >= 11 is 0. The minimum Gasteiger partial charge on any atom is -0.339 e. The monoisotopic (exact) mass is 368 g/mol. The smallest absolute Gasteiger partial charge is 0.225 e. The quantitative estimate of drug-likeness (QED) is 0.851. The predicted molar refractivity (Wildman–Crippen MR) is 101 cm³/mol. The van der Waals surface area contributed by atoms with Crippen LogP contribution in [-0.2, 0) is 11.2 Å². The third kappa shape index (κ3) is 5.42. The number of nitrogens with two attached hydrogens (primary N) is 1. The van der Waals surface area contributed by atoms with Crippen molar-refractivity contribution in [3.05, 3.63) is 35.6 Å². The fourth-order valence-corrected chi connectivity index (χ4v) is 4.32. The highest BCUT2D eigenvalue weighted by Crippen LogP contribution is 2.30. The zero-order valence-corrected chi connectivity index (χ0v) is 15.6. The van der Waals surface area contributed by atoms with Crippen LogP contribution in [-0.4, -0.2) is 29.4 Å². The first-order valence-corrected chi connectivity index (χ1v) is 9.44. The van der Waals surface area contributed by atoms with Gasteiger partial charge in [0.25, 0.3) is 0 Å². The summed E-state index contributed by atoms with van der Waals surface area (Å²) in [5.74, 6) is 0.166. The summed E-state index contributed by atoms with van der Waals surface area (Å²) in [6.07, 6.45) is 9.23. The van der Waals surface area contributed by atoms with E-state index in [2.05, 4.69) is 4.90 Å². The minimum absolute atomic E-state index is 0. The van der Waals surface area contributed by atoms with Crippen molar-refractivity contribution >= 4 is 18.3 Å². The number of nitrogens with zero attached hydrogens (tertiary/aromatic N) is 1. The number of carbonyl (C=O) groups excluding carboxylic acids is 1. The molecule has 25 heavy (non-hydrogen) atoms. The van der Waals surface area contributed by atoms with Crippen LogP contribution >= 0.6 is 12.4 Å². The Morgan fingerprint density at radius 2 is 1.92 bits per heavy atom. The lowest BCUT2D eigenvalue weighted by Crippen LogP contribution is -2.45. The van der Waals surface area contributed by atoms with Crippen LogP contribution in [0.25, 0.3) is 0 Å². The molecule has 3 nitrogen and oxygen atoms in total. The third-order valence-corrected chi connectivity index (χ3v) is 5.64. The average Bonchev–Trinajstić information content (AvgIpc) is 3.09. The third-order valence-electron chi connectivity index (χ3n) is 5.64. The highest BCUT2D eigenvalue weighted by molar-refractivity contribution is 5.85. The van der Waals surface area contributed by atoms with Crippen molar-refractivity contribution in [2.75, 3.05) is 6.54 Å². The summed E-state index contributed by atoms with van der Waals surface area (Å²) in [4.78, 5) is 15.2. The molecule has 2 fully saturated rings. The molecule has 140 valence electrons. The number of carbonyl (C=O) groups is 1. The summed E-state index contributed by atoms with van der Waals surface area (Å²) < 4.78 is 13.4. The summed E-state index contributed by atoms with van der Waals surface area (Å²) in [6.45, 7) is 0.693. The molecule has 0 aromatic heterocycles. The number of rotatable bonds is 5. The summed E-state index contributed by atoms with van der Waals surface area (Å²) in [5, 5.41) is 0. The van der Waals surface area contributed by atoms with Gasteiger partial charge in [-0.2, -0.15) is 0 Å². The van der Waals surface area contributed by atoms with Gasteiger partial charge in [0.15, 0.2) is 0 Å². The van der Waals surface area contributed by atoms with E-state index in [1.54, 1.807) is 12.1 Å². The Bertz CT molecular complexity index is 562. The van der Waals surface area contributed by atoms with Crippen molar-refractivity contribution in [2.45, 2.75) is 69.9 Å². The lowest BCUT2D eigenvalue weighted by Gasteiger charge is -2.35. The number of amides is 1. The van der Waals surface area contributed by atoms with Crippen molar-refractivity contribution in [1.29, 1.82) is 0 Å². The van der Waals surface area contributed by atoms with Gasteiger partial charge in [-0.25, -0.2) is 4.39 Å². The Hall–Kier alpha value is -1.13. The standard InChI is InChI=1S/C20H29FN2O.ClH/c21-17-7-3-5-15(13-17)11-12-23(19-9-1-2-10-19)20(24)16-6-4-8-18(22)14-16;/h3,5,7,13,16,18-19H,1-2,4,6,8-12,14,22H2;1H. The second kappa shape index (κ2) is 9.54. The van der Waals surface area contributed by atoms with Crippen molar-refractivity contribution in [3.8, 4) is 0 Å². The van der Waals surface area contributed by atoms with E-state index < -0.39 is 0 Å². The van der Waals surface area contributed by atoms with Crippen LogP contribution in [0, 0.1) is 11.7 Å². The van der Waals surface area contributed by atoms with Crippen LogP contribution in [0.1, 0.15) is 56.9 Å². The van der Waals surface area contributed by atoms with E-state index in [1.165, 1.54) is 18.9 Å². The molecule has 1 aromatic carbocycles. The summed E-state index contributed by atoms with van der Waals surface area (Å²) in [6, 6.07) is 7.26. The predicted octanol–water partition coefficient (Wildman–Crippen LogP) is 4.08. The van der Waals surface area contributed by atoms with E-state index >= 15 is 0 Å². The molecule has 0 aliphatic heterocycles. The van der Waals surface area contributed by atoms with Crippen LogP contribution in [0.3, 0.4) is 0 Å². The number of hydrogen-bond acceptors (Lipinski definition) is 2. The van der Waals surface area contributed by atoms with E-state index in [0.717, 1.165) is 50.5 Å². The van der Waals surface area contributed by atoms with Gasteiger partial charge in [0.2, 0.25) is 5.91 Å². The second-order valence-corrected chi connectivity index (χ2v) is 7.47. The molecular weight excluding hydrogens is 339 g/mol. The molecule has 1 amide bonds. The van der Waals surface area contributed by atoms with Crippen molar-refractivity contribution in [3.63, 3.8) is 0 Å². The highest BCUT2D eigenvalue weighted by Gasteiger charge is 2.33. The lowest BCUT2D eigenvalue weighted by molar-refractivity contribution is -0.139. The molecule has 2 unspecified atom stereocenters. The van der Waals surface area contributed by atoms with Crippen LogP contribution in [0.5, 0.6) is 0 Å². The maximum Gasteiger partial charge on any atom is 0.225 e. The minimum atomic E-state index is -0.204. The second-order valence-electron chi connectivity index (χ2n) is 7.47. The van der Waals surface area contributed by atoms with Crippen molar-refractivity contribution in [1.82, 2.24) is 4.90 Å². The number of halogens is 2. The van der Waals surface area contributed by atoms with Gasteiger partial charge in [0, 0.05) is 24.5 Å². The normalized spacial score (nSPS) is 23.9. The zero-order chi connectivity index (χ0) is 16.9. The molecule has 2 atom stereocenters. The molecule has 1 aromatic rings. The van der Waals surface area contributed by atoms with Crippen LogP contribution in [0.4, 0.5) is 4.39 Å². The van der Waals surface area contributed by atoms with E-state index in [9.17, 15) is 9.18 Å². The summed E-state index contributed by atoms with van der Waals surface area (Å²) in [5.41, 5.74) is 7.05. The molecule has 2 N–H and O–H groups in total. The number of benzene rings is 1. The van der Waals surface area contributed by atoms with E-state index in [0.29, 0.717) is 12.6 Å². The maximum atomic E-state index is 13.4. The molecule has 2 saturated carbocycles. The molecular formula is C20H30ClFN2O. The van der Waals surface area contributed by atoms with Gasteiger partial charge in [-0.3, -0.25) is 4.79 Å². The number of hydrogen-bond donors (Lipinski definition) is 1. The Morgan fingerprint density at radius 3 is 2.60 bits per heavy atom. The van der Waals surface area contributed by atoms with E-state index in [-0.39, 0.29) is 36.1 Å². The Kier molecular flexibility index (Phi) is 7.70. The lowest BCUT2D eigenvalue weighted by atomic mass is 9.85. The first kappa shape index (κ1) is 20.2. The van der Waals surface area contributed by atoms with Crippen LogP contribution in [0.15, 0.2) is 24.3 Å². The molecule has 2 aliphatic rings. The Labute approximate surface area is 156 Å². The van der Waals surface area contributed by atoms with Gasteiger partial charge < -0.3 is 10.6 Å². The van der Waals surface area contributed by atoms with Gasteiger partial charge in [-0.05, 0) is 56.2 Å². The molecule has 0 saturated heterocycles. The van der Waals surface area contributed by atoms with Crippen LogP contribution < -0.4 is 5.73 Å². The molecule has 0 heterocycles. The molecule has 5 heteroatoms. The maximum absolute atomic E-state index is 13.4. The van der Waals surface area contributed by atoms with Gasteiger partial charge in [-0.15, -0.1) is 12.4 Å². The van der Waals surface area contributed by atoms with Gasteiger partial charge in [0.1, 0.15) is 5.82 Å². The Balaban J connectivity index is 0.00000225. The largest absolute Gasteiger partial charge is 0.339 e. The fourth-order valence-electron chi connectivity index (χ4n) is 4.32. The Morgan fingerprint density at radius 1 is 1.16 bits per heavy atom. The molecule has 3 rings (SSSR count). The van der Waals surface area contributed by atoms with Crippen LogP contribution in [0.2, 0.25) is 0 Å². The molecule has 0 bridgehead atoms. The molecule has 2 aliphatic carbocycles. The molecule has 0 spiro atoms. The fraction of sp³-hybridized carbons (Fsp3) is 0.650. The van der Waals surface area contributed by atoms with E-state index in [4.69, 9.17) is 5.73 Å². The van der Waals surface area contributed by atoms with E-state index in [1.807, 2.05) is 6.07 Å². The topological polar surface area (TPSA) is 46.3 Å². The average molecular weight is 369 g/mol. The zero-order valence-electron chi connectivity index (χ0n) is 14.8. The van der Waals surface area contributed by atoms with Gasteiger partial charge in [-0.1, -0.05) is 31.4 Å². The first-order chi connectivity index (χ1) is 11.6. The van der Waals surface area contributed by atoms with Gasteiger partial charge >= 0.3 is 0 Å². The van der Waals surface area contributed by atoms with Crippen molar-refractivity contribution < 1.29 is 9.18 Å². The highest BCUT2D eigenvalue weighted by atomic mass is 35.5. The van der Waals surface area contributed by atoms with Gasteiger partial charge in [0.05, 0.1) is 0 Å².